The van der Waals surface area contributed by atoms with Crippen LogP contribution in [0.5, 0.6) is 11.5 Å². The number of rotatable bonds is 9. The van der Waals surface area contributed by atoms with E-state index in [-0.39, 0.29) is 37.7 Å². The number of carbonyl (C=O) groups excluding carboxylic acids is 1. The first-order chi connectivity index (χ1) is 20.0. The Kier molecular flexibility index (Phi) is 4.06. The number of hydrogen-bond acceptors (Lipinski definition) is 6. The third kappa shape index (κ3) is 6.69. The Morgan fingerprint density at radius 3 is 2.45 bits per heavy atom. The van der Waals surface area contributed by atoms with Crippen LogP contribution in [0.1, 0.15) is 28.9 Å². The summed E-state index contributed by atoms with van der Waals surface area (Å²) < 4.78 is 112. The molecule has 2 aromatic rings. The highest BCUT2D eigenvalue weighted by molar-refractivity contribution is 5.93. The lowest BCUT2D eigenvalue weighted by atomic mass is 10.1. The number of aliphatic hydroxyl groups is 1. The number of hydrogen-bond donors (Lipinski definition) is 2. The number of carbonyl (C=O) groups is 1. The molecule has 1 aliphatic rings. The number of para-hydroxylation sites is 3. The summed E-state index contributed by atoms with van der Waals surface area (Å²) in [5.74, 6) is -1.45. The minimum atomic E-state index is -2.80. The first-order valence-electron chi connectivity index (χ1n) is 16.1. The molecule has 2 aromatic carbocycles. The number of amides is 1. The van der Waals surface area contributed by atoms with Crippen molar-refractivity contribution in [1.29, 1.82) is 0 Å². The Morgan fingerprint density at radius 2 is 1.77 bits per heavy atom. The van der Waals surface area contributed by atoms with Gasteiger partial charge in [-0.15, -0.1) is 0 Å². The van der Waals surface area contributed by atoms with E-state index in [1.807, 2.05) is 0 Å². The van der Waals surface area contributed by atoms with E-state index in [2.05, 4.69) is 5.32 Å². The van der Waals surface area contributed by atoms with Crippen LogP contribution in [0.25, 0.3) is 0 Å². The van der Waals surface area contributed by atoms with E-state index in [1.165, 1.54) is 35.2 Å². The number of methoxy groups -OCH3 is 1. The molecule has 0 aliphatic carbocycles. The third-order valence-electron chi connectivity index (χ3n) is 4.53. The maximum Gasteiger partial charge on any atom is 0.238 e. The van der Waals surface area contributed by atoms with E-state index < -0.39 is 69.2 Å². The molecule has 1 heterocycles. The fourth-order valence-corrected chi connectivity index (χ4v) is 2.99. The summed E-state index contributed by atoms with van der Waals surface area (Å²) in [6.45, 7) is -12.0. The van der Waals surface area contributed by atoms with E-state index in [0.29, 0.717) is 0 Å². The SMILES string of the molecule is [2H]C([2H])([2H])Oc1ccccc1OCC(O)C([2H])([2H])N1CCN(C([2H])([2H])C(=O)Nc2c(C([2H])([2H])[2H])cccc2C([2H])([2H])[2H])CC1. The maximum absolute atomic E-state index is 13.1. The van der Waals surface area contributed by atoms with Gasteiger partial charge in [-0.3, -0.25) is 14.6 Å². The van der Waals surface area contributed by atoms with Gasteiger partial charge in [-0.25, -0.2) is 0 Å². The summed E-state index contributed by atoms with van der Waals surface area (Å²) in [6, 6.07) is 9.28. The van der Waals surface area contributed by atoms with Crippen LogP contribution in [0.4, 0.5) is 5.69 Å². The van der Waals surface area contributed by atoms with E-state index in [9.17, 15) is 9.90 Å². The third-order valence-corrected chi connectivity index (χ3v) is 4.53. The number of aryl methyl sites for hydroxylation is 2. The van der Waals surface area contributed by atoms with Crippen LogP contribution in [0.3, 0.4) is 0 Å². The van der Waals surface area contributed by atoms with Crippen LogP contribution in [0.15, 0.2) is 42.5 Å². The Bertz CT molecular complexity index is 1280. The Hall–Kier alpha value is -2.61. The Labute approximate surface area is 202 Å². The van der Waals surface area contributed by atoms with E-state index >= 15 is 0 Å². The summed E-state index contributed by atoms with van der Waals surface area (Å²) >= 11 is 0. The van der Waals surface area contributed by atoms with Gasteiger partial charge in [0, 0.05) is 49.3 Å². The molecular weight excluding hydrogens is 394 g/mol. The predicted octanol–water partition coefficient (Wildman–Crippen LogP) is 2.31. The number of aliphatic hydroxyl groups excluding tert-OH is 1. The van der Waals surface area contributed by atoms with Gasteiger partial charge in [0.2, 0.25) is 5.91 Å². The molecule has 0 aromatic heterocycles. The van der Waals surface area contributed by atoms with Gasteiger partial charge in [-0.2, -0.15) is 0 Å². The van der Waals surface area contributed by atoms with Crippen molar-refractivity contribution < 1.29 is 37.2 Å². The van der Waals surface area contributed by atoms with Gasteiger partial charge in [0.15, 0.2) is 11.5 Å². The number of piperazine rings is 1. The van der Waals surface area contributed by atoms with Crippen molar-refractivity contribution in [3.05, 3.63) is 53.6 Å². The van der Waals surface area contributed by atoms with Gasteiger partial charge in [-0.05, 0) is 37.0 Å². The van der Waals surface area contributed by atoms with E-state index in [0.717, 1.165) is 17.0 Å². The molecule has 7 heteroatoms. The van der Waals surface area contributed by atoms with Crippen LogP contribution in [0, 0.1) is 13.7 Å². The van der Waals surface area contributed by atoms with Crippen molar-refractivity contribution in [2.24, 2.45) is 0 Å². The summed E-state index contributed by atoms with van der Waals surface area (Å²) in [5.41, 5.74) is -1.44. The average Bonchev–Trinajstić information content (AvgIpc) is 2.90. The lowest BCUT2D eigenvalue weighted by molar-refractivity contribution is -0.117. The molecule has 0 bridgehead atoms. The minimum absolute atomic E-state index is 0.0239. The highest BCUT2D eigenvalue weighted by Crippen LogP contribution is 2.25. The molecule has 0 radical (unpaired) electrons. The normalized spacial score (nSPS) is 24.4. The second kappa shape index (κ2) is 11.1. The molecule has 1 aliphatic heterocycles. The van der Waals surface area contributed by atoms with Gasteiger partial charge < -0.3 is 19.9 Å². The molecule has 168 valence electrons. The van der Waals surface area contributed by atoms with Gasteiger partial charge >= 0.3 is 0 Å². The van der Waals surface area contributed by atoms with E-state index in [1.54, 1.807) is 0 Å². The highest BCUT2D eigenvalue weighted by atomic mass is 16.5. The van der Waals surface area contributed by atoms with Crippen molar-refractivity contribution in [3.8, 4) is 11.5 Å². The van der Waals surface area contributed by atoms with Crippen molar-refractivity contribution >= 4 is 11.6 Å². The Morgan fingerprint density at radius 1 is 1.10 bits per heavy atom. The second-order valence-corrected chi connectivity index (χ2v) is 6.77. The molecule has 31 heavy (non-hydrogen) atoms. The van der Waals surface area contributed by atoms with Crippen molar-refractivity contribution in [1.82, 2.24) is 9.80 Å². The van der Waals surface area contributed by atoms with Crippen LogP contribution in [-0.4, -0.2) is 79.7 Å². The van der Waals surface area contributed by atoms with Crippen molar-refractivity contribution in [3.63, 3.8) is 0 Å². The monoisotopic (exact) mass is 440 g/mol. The van der Waals surface area contributed by atoms with Gasteiger partial charge in [0.05, 0.1) is 20.4 Å². The lowest BCUT2D eigenvalue weighted by Crippen LogP contribution is -2.50. The molecule has 0 spiro atoms. The molecule has 3 rings (SSSR count). The summed E-state index contributed by atoms with van der Waals surface area (Å²) in [5, 5.41) is 12.8. The summed E-state index contributed by atoms with van der Waals surface area (Å²) in [7, 11) is -2.76. The minimum Gasteiger partial charge on any atom is -0.493 e. The number of β-amino-alcohol motifs (C(OH)–C–C–N with tert-alkyl or cyclic N) is 1. The molecule has 2 N–H and O–H groups in total. The van der Waals surface area contributed by atoms with E-state index in [4.69, 9.17) is 27.3 Å². The highest BCUT2D eigenvalue weighted by Gasteiger charge is 2.21. The zero-order chi connectivity index (χ0) is 33.3. The standard InChI is InChI=1S/C24H33N3O4/c1-18-7-6-8-19(2)24(18)25-23(29)16-27-13-11-26(12-14-27)15-20(28)17-31-22-10-5-4-9-21(22)30-3/h4-10,20,28H,11-17H2,1-3H3,(H,25,29)/i1D3,2D3,3D3,15D2,16D2. The molecule has 0 saturated carbocycles. The van der Waals surface area contributed by atoms with Crippen molar-refractivity contribution in [2.75, 3.05) is 58.1 Å². The van der Waals surface area contributed by atoms with Crippen LogP contribution < -0.4 is 14.8 Å². The topological polar surface area (TPSA) is 74.3 Å². The molecule has 1 amide bonds. The molecule has 1 saturated heterocycles. The first-order valence-corrected chi connectivity index (χ1v) is 9.59. The zero-order valence-corrected chi connectivity index (χ0v) is 16.7. The Balaban J connectivity index is 1.68. The fraction of sp³-hybridized carbons (Fsp3) is 0.458. The summed E-state index contributed by atoms with van der Waals surface area (Å²) in [4.78, 5) is 15.4. The smallest absolute Gasteiger partial charge is 0.238 e. The number of nitrogens with zero attached hydrogens (tertiary/aromatic N) is 2. The van der Waals surface area contributed by atoms with Crippen LogP contribution in [0.2, 0.25) is 0 Å². The molecule has 7 nitrogen and oxygen atoms in total. The quantitative estimate of drug-likeness (QED) is 0.623. The number of benzene rings is 2. The molecular formula is C24H33N3O4. The fourth-order valence-electron chi connectivity index (χ4n) is 2.99. The van der Waals surface area contributed by atoms with Gasteiger partial charge in [0.1, 0.15) is 12.7 Å². The molecule has 1 atom stereocenters. The molecule has 1 fully saturated rings. The number of nitrogens with one attached hydrogen (secondary N) is 1. The maximum atomic E-state index is 13.1. The number of anilines is 1. The first kappa shape index (κ1) is 11.3. The van der Waals surface area contributed by atoms with Gasteiger partial charge in [0.25, 0.3) is 0 Å². The predicted molar refractivity (Wildman–Crippen MR) is 122 cm³/mol. The zero-order valence-electron chi connectivity index (χ0n) is 29.7. The van der Waals surface area contributed by atoms with Crippen LogP contribution in [-0.2, 0) is 4.79 Å². The second-order valence-electron chi connectivity index (χ2n) is 6.77. The average molecular weight is 441 g/mol. The lowest BCUT2D eigenvalue weighted by Gasteiger charge is -2.35. The number of ether oxygens (including phenoxy) is 2. The largest absolute Gasteiger partial charge is 0.493 e. The van der Waals surface area contributed by atoms with Crippen molar-refractivity contribution in [2.45, 2.75) is 19.8 Å². The van der Waals surface area contributed by atoms with Crippen LogP contribution >= 0.6 is 0 Å². The summed E-state index contributed by atoms with van der Waals surface area (Å²) in [6.07, 6.45) is -1.73. The van der Waals surface area contributed by atoms with Gasteiger partial charge in [-0.1, -0.05) is 30.3 Å². The molecule has 1 unspecified atom stereocenters.